The molecule has 30 heavy (non-hydrogen) atoms. The van der Waals surface area contributed by atoms with E-state index in [0.29, 0.717) is 11.6 Å². The number of rotatable bonds is 6. The van der Waals surface area contributed by atoms with Gasteiger partial charge in [0.2, 0.25) is 5.88 Å². The maximum absolute atomic E-state index is 5.52. The zero-order chi connectivity index (χ0) is 21.1. The van der Waals surface area contributed by atoms with Crippen molar-refractivity contribution in [3.8, 4) is 23.0 Å². The molecular weight excluding hydrogens is 376 g/mol. The van der Waals surface area contributed by atoms with Crippen molar-refractivity contribution in [2.24, 2.45) is 0 Å². The minimum absolute atomic E-state index is 0.127. The van der Waals surface area contributed by atoms with Gasteiger partial charge in [-0.3, -0.25) is 0 Å². The monoisotopic (exact) mass is 400 g/mol. The van der Waals surface area contributed by atoms with Crippen LogP contribution < -0.4 is 10.1 Å². The van der Waals surface area contributed by atoms with Crippen LogP contribution in [0.3, 0.4) is 0 Å². The summed E-state index contributed by atoms with van der Waals surface area (Å²) in [5, 5.41) is 12.2. The van der Waals surface area contributed by atoms with Gasteiger partial charge in [0.15, 0.2) is 0 Å². The molecule has 0 aliphatic heterocycles. The topological polar surface area (TPSA) is 77.8 Å². The van der Waals surface area contributed by atoms with Gasteiger partial charge in [0.1, 0.15) is 17.2 Å². The Morgan fingerprint density at radius 2 is 1.83 bits per heavy atom. The fraction of sp³-hybridized carbons (Fsp3) is 0.217. The molecule has 4 aromatic rings. The van der Waals surface area contributed by atoms with Crippen LogP contribution in [-0.2, 0) is 0 Å². The van der Waals surface area contributed by atoms with Crippen LogP contribution in [0.5, 0.6) is 5.88 Å². The molecule has 7 nitrogen and oxygen atoms in total. The van der Waals surface area contributed by atoms with Crippen LogP contribution in [0.4, 0.5) is 5.82 Å². The van der Waals surface area contributed by atoms with Gasteiger partial charge in [-0.25, -0.2) is 9.97 Å². The van der Waals surface area contributed by atoms with Crippen molar-refractivity contribution in [3.63, 3.8) is 0 Å². The van der Waals surface area contributed by atoms with Crippen molar-refractivity contribution in [2.75, 3.05) is 12.4 Å². The first kappa shape index (κ1) is 19.6. The quantitative estimate of drug-likeness (QED) is 0.513. The number of aromatic nitrogens is 5. The molecule has 3 heterocycles. The molecule has 4 rings (SSSR count). The van der Waals surface area contributed by atoms with Crippen molar-refractivity contribution < 1.29 is 4.74 Å². The smallest absolute Gasteiger partial charge is 0.238 e. The molecule has 0 aliphatic rings. The van der Waals surface area contributed by atoms with Crippen molar-refractivity contribution in [1.82, 2.24) is 24.7 Å². The van der Waals surface area contributed by atoms with Crippen LogP contribution in [0, 0.1) is 13.8 Å². The minimum Gasteiger partial charge on any atom is -0.479 e. The summed E-state index contributed by atoms with van der Waals surface area (Å²) in [4.78, 5) is 8.92. The number of hydrogen-bond donors (Lipinski definition) is 1. The van der Waals surface area contributed by atoms with Crippen molar-refractivity contribution in [2.45, 2.75) is 26.8 Å². The maximum atomic E-state index is 5.52. The Morgan fingerprint density at radius 3 is 2.50 bits per heavy atom. The standard InChI is InChI=1S/C23H24N6O/c1-15-12-21(25-17(3)18-8-6-5-7-9-18)27-28-22(15)19-10-11-20(23(26-19)30-4)29-13-16(2)24-14-29/h5-14,17H,1-4H3,(H,25,27). The van der Waals surface area contributed by atoms with Gasteiger partial charge in [-0.2, -0.15) is 0 Å². The lowest BCUT2D eigenvalue weighted by Crippen LogP contribution is -2.09. The second-order valence-corrected chi connectivity index (χ2v) is 7.19. The van der Waals surface area contributed by atoms with Gasteiger partial charge in [0.05, 0.1) is 24.8 Å². The number of hydrogen-bond acceptors (Lipinski definition) is 6. The second kappa shape index (κ2) is 8.32. The number of anilines is 1. The van der Waals surface area contributed by atoms with Crippen molar-refractivity contribution >= 4 is 5.82 Å². The Kier molecular flexibility index (Phi) is 5.43. The molecule has 0 bridgehead atoms. The first-order valence-electron chi connectivity index (χ1n) is 9.77. The number of aryl methyl sites for hydroxylation is 2. The first-order chi connectivity index (χ1) is 14.5. The maximum Gasteiger partial charge on any atom is 0.238 e. The van der Waals surface area contributed by atoms with E-state index in [1.54, 1.807) is 13.4 Å². The lowest BCUT2D eigenvalue weighted by atomic mass is 10.1. The zero-order valence-corrected chi connectivity index (χ0v) is 17.5. The normalized spacial score (nSPS) is 11.9. The average Bonchev–Trinajstić information content (AvgIpc) is 3.20. The Morgan fingerprint density at radius 1 is 1.03 bits per heavy atom. The lowest BCUT2D eigenvalue weighted by molar-refractivity contribution is 0.396. The van der Waals surface area contributed by atoms with Gasteiger partial charge in [-0.1, -0.05) is 30.3 Å². The summed E-state index contributed by atoms with van der Waals surface area (Å²) < 4.78 is 7.41. The fourth-order valence-corrected chi connectivity index (χ4v) is 3.32. The Hall–Kier alpha value is -3.74. The summed E-state index contributed by atoms with van der Waals surface area (Å²) in [7, 11) is 1.61. The molecule has 0 saturated heterocycles. The highest BCUT2D eigenvalue weighted by molar-refractivity contribution is 5.63. The highest BCUT2D eigenvalue weighted by atomic mass is 16.5. The molecule has 1 atom stereocenters. The number of nitrogens with zero attached hydrogens (tertiary/aromatic N) is 5. The van der Waals surface area contributed by atoms with E-state index in [4.69, 9.17) is 4.74 Å². The number of methoxy groups -OCH3 is 1. The predicted octanol–water partition coefficient (Wildman–Crippen LogP) is 4.52. The van der Waals surface area contributed by atoms with E-state index >= 15 is 0 Å². The van der Waals surface area contributed by atoms with E-state index in [-0.39, 0.29) is 6.04 Å². The number of ether oxygens (including phenoxy) is 1. The fourth-order valence-electron chi connectivity index (χ4n) is 3.32. The van der Waals surface area contributed by atoms with E-state index in [9.17, 15) is 0 Å². The van der Waals surface area contributed by atoms with Crippen molar-refractivity contribution in [1.29, 1.82) is 0 Å². The summed E-state index contributed by atoms with van der Waals surface area (Å²) in [5.41, 5.74) is 5.35. The Balaban J connectivity index is 1.60. The van der Waals surface area contributed by atoms with Crippen LogP contribution in [0.25, 0.3) is 17.1 Å². The zero-order valence-electron chi connectivity index (χ0n) is 17.5. The van der Waals surface area contributed by atoms with Gasteiger partial charge in [-0.15, -0.1) is 10.2 Å². The summed E-state index contributed by atoms with van der Waals surface area (Å²) in [6.45, 7) is 6.05. The summed E-state index contributed by atoms with van der Waals surface area (Å²) in [6.07, 6.45) is 3.67. The summed E-state index contributed by atoms with van der Waals surface area (Å²) in [5.74, 6) is 1.23. The van der Waals surface area contributed by atoms with E-state index in [2.05, 4.69) is 44.5 Å². The molecule has 0 fully saturated rings. The molecule has 152 valence electrons. The van der Waals surface area contributed by atoms with Gasteiger partial charge in [-0.05, 0) is 50.1 Å². The summed E-state index contributed by atoms with van der Waals surface area (Å²) >= 11 is 0. The molecule has 0 spiro atoms. The number of pyridine rings is 1. The predicted molar refractivity (Wildman–Crippen MR) is 117 cm³/mol. The van der Waals surface area contributed by atoms with Gasteiger partial charge < -0.3 is 14.6 Å². The Labute approximate surface area is 175 Å². The average molecular weight is 400 g/mol. The molecule has 0 amide bonds. The van der Waals surface area contributed by atoms with Crippen LogP contribution in [-0.4, -0.2) is 31.8 Å². The minimum atomic E-state index is 0.127. The first-order valence-corrected chi connectivity index (χ1v) is 9.77. The lowest BCUT2D eigenvalue weighted by Gasteiger charge is -2.15. The number of benzene rings is 1. The van der Waals surface area contributed by atoms with Gasteiger partial charge >= 0.3 is 0 Å². The van der Waals surface area contributed by atoms with Crippen molar-refractivity contribution in [3.05, 3.63) is 77.9 Å². The molecule has 1 N–H and O–H groups in total. The van der Waals surface area contributed by atoms with E-state index in [1.165, 1.54) is 5.56 Å². The molecule has 7 heteroatoms. The van der Waals surface area contributed by atoms with E-state index in [0.717, 1.165) is 28.5 Å². The van der Waals surface area contributed by atoms with Crippen LogP contribution >= 0.6 is 0 Å². The molecule has 0 saturated carbocycles. The molecular formula is C23H24N6O. The summed E-state index contributed by atoms with van der Waals surface area (Å²) in [6, 6.07) is 16.2. The molecule has 1 aromatic carbocycles. The molecule has 1 unspecified atom stereocenters. The third-order valence-corrected chi connectivity index (χ3v) is 4.91. The van der Waals surface area contributed by atoms with Crippen LogP contribution in [0.2, 0.25) is 0 Å². The highest BCUT2D eigenvalue weighted by Gasteiger charge is 2.14. The third kappa shape index (κ3) is 4.00. The number of nitrogens with one attached hydrogen (secondary N) is 1. The SMILES string of the molecule is COc1nc(-c2nnc(NC(C)c3ccccc3)cc2C)ccc1-n1cnc(C)c1. The van der Waals surface area contributed by atoms with E-state index in [1.807, 2.05) is 61.0 Å². The Bertz CT molecular complexity index is 1160. The van der Waals surface area contributed by atoms with E-state index < -0.39 is 0 Å². The van der Waals surface area contributed by atoms with Crippen LogP contribution in [0.15, 0.2) is 61.1 Å². The van der Waals surface area contributed by atoms with Gasteiger partial charge in [0, 0.05) is 12.2 Å². The van der Waals surface area contributed by atoms with Crippen LogP contribution in [0.1, 0.15) is 29.8 Å². The molecule has 0 aliphatic carbocycles. The molecule has 0 radical (unpaired) electrons. The number of imidazole rings is 1. The third-order valence-electron chi connectivity index (χ3n) is 4.91. The molecule has 3 aromatic heterocycles. The highest BCUT2D eigenvalue weighted by Crippen LogP contribution is 2.27. The largest absolute Gasteiger partial charge is 0.479 e. The van der Waals surface area contributed by atoms with Gasteiger partial charge in [0.25, 0.3) is 0 Å². The second-order valence-electron chi connectivity index (χ2n) is 7.19.